The molecule has 2 aromatic carbocycles. The average molecular weight is 310 g/mol. The smallest absolute Gasteiger partial charge is 0.173 e. The summed E-state index contributed by atoms with van der Waals surface area (Å²) < 4.78 is 2.36. The SMILES string of the molecule is CC(C)(C)CCn1c(Sc2ccccc2)nc2ccccc21. The third-order valence-electron chi connectivity index (χ3n) is 3.66. The van der Waals surface area contributed by atoms with Crippen molar-refractivity contribution >= 4 is 22.8 Å². The highest BCUT2D eigenvalue weighted by Gasteiger charge is 2.15. The van der Waals surface area contributed by atoms with E-state index in [9.17, 15) is 0 Å². The zero-order valence-corrected chi connectivity index (χ0v) is 14.2. The zero-order chi connectivity index (χ0) is 15.6. The Morgan fingerprint density at radius 1 is 0.955 bits per heavy atom. The highest BCUT2D eigenvalue weighted by Crippen LogP contribution is 2.31. The van der Waals surface area contributed by atoms with Gasteiger partial charge in [0, 0.05) is 11.4 Å². The molecule has 0 saturated carbocycles. The molecule has 0 aliphatic carbocycles. The van der Waals surface area contributed by atoms with Crippen molar-refractivity contribution in [2.24, 2.45) is 5.41 Å². The van der Waals surface area contributed by atoms with Crippen molar-refractivity contribution in [1.29, 1.82) is 0 Å². The summed E-state index contributed by atoms with van der Waals surface area (Å²) in [6, 6.07) is 18.9. The molecule has 1 heterocycles. The monoisotopic (exact) mass is 310 g/mol. The van der Waals surface area contributed by atoms with Crippen LogP contribution < -0.4 is 0 Å². The molecule has 0 fully saturated rings. The van der Waals surface area contributed by atoms with Gasteiger partial charge in [0.05, 0.1) is 11.0 Å². The minimum absolute atomic E-state index is 0.320. The van der Waals surface area contributed by atoms with Crippen molar-refractivity contribution in [3.05, 3.63) is 54.6 Å². The van der Waals surface area contributed by atoms with E-state index in [4.69, 9.17) is 4.98 Å². The van der Waals surface area contributed by atoms with Crippen molar-refractivity contribution in [1.82, 2.24) is 9.55 Å². The van der Waals surface area contributed by atoms with E-state index in [1.54, 1.807) is 11.8 Å². The molecule has 0 radical (unpaired) electrons. The Morgan fingerprint density at radius 3 is 2.36 bits per heavy atom. The molecule has 0 unspecified atom stereocenters. The molecule has 0 aliphatic rings. The predicted molar refractivity (Wildman–Crippen MR) is 94.4 cm³/mol. The number of fused-ring (bicyclic) bond motifs is 1. The molecule has 0 atom stereocenters. The molecule has 0 saturated heterocycles. The van der Waals surface area contributed by atoms with Gasteiger partial charge in [0.2, 0.25) is 0 Å². The van der Waals surface area contributed by atoms with Crippen LogP contribution in [0.5, 0.6) is 0 Å². The van der Waals surface area contributed by atoms with Gasteiger partial charge in [-0.1, -0.05) is 62.9 Å². The van der Waals surface area contributed by atoms with Crippen molar-refractivity contribution < 1.29 is 0 Å². The van der Waals surface area contributed by atoms with Gasteiger partial charge >= 0.3 is 0 Å². The van der Waals surface area contributed by atoms with Gasteiger partial charge in [-0.3, -0.25) is 0 Å². The molecule has 0 bridgehead atoms. The minimum atomic E-state index is 0.320. The Balaban J connectivity index is 1.97. The van der Waals surface area contributed by atoms with Crippen molar-refractivity contribution in [2.45, 2.75) is 43.8 Å². The third kappa shape index (κ3) is 3.53. The van der Waals surface area contributed by atoms with Gasteiger partial charge in [-0.05, 0) is 36.1 Å². The number of aromatic nitrogens is 2. The molecule has 0 spiro atoms. The van der Waals surface area contributed by atoms with Crippen molar-refractivity contribution in [2.75, 3.05) is 0 Å². The fraction of sp³-hybridized carbons (Fsp3) is 0.316. The fourth-order valence-corrected chi connectivity index (χ4v) is 3.34. The number of rotatable bonds is 4. The zero-order valence-electron chi connectivity index (χ0n) is 13.4. The van der Waals surface area contributed by atoms with Gasteiger partial charge in [0.25, 0.3) is 0 Å². The van der Waals surface area contributed by atoms with Crippen LogP contribution in [0.4, 0.5) is 0 Å². The Labute approximate surface area is 136 Å². The first-order valence-corrected chi connectivity index (χ1v) is 8.53. The van der Waals surface area contributed by atoms with Crippen molar-refractivity contribution in [3.8, 4) is 0 Å². The Kier molecular flexibility index (Phi) is 4.25. The lowest BCUT2D eigenvalue weighted by molar-refractivity contribution is 0.347. The van der Waals surface area contributed by atoms with Gasteiger partial charge < -0.3 is 4.57 Å². The highest BCUT2D eigenvalue weighted by atomic mass is 32.2. The maximum atomic E-state index is 4.83. The first kappa shape index (κ1) is 15.2. The van der Waals surface area contributed by atoms with E-state index >= 15 is 0 Å². The summed E-state index contributed by atoms with van der Waals surface area (Å²) in [6.45, 7) is 7.86. The molecule has 22 heavy (non-hydrogen) atoms. The summed E-state index contributed by atoms with van der Waals surface area (Å²) in [5, 5.41) is 1.08. The standard InChI is InChI=1S/C19H22N2S/c1-19(2,3)13-14-21-17-12-8-7-11-16(17)20-18(21)22-15-9-5-4-6-10-15/h4-12H,13-14H2,1-3H3. The summed E-state index contributed by atoms with van der Waals surface area (Å²) in [5.74, 6) is 0. The normalized spacial score (nSPS) is 12.0. The van der Waals surface area contributed by atoms with E-state index in [0.717, 1.165) is 23.6 Å². The summed E-state index contributed by atoms with van der Waals surface area (Å²) in [4.78, 5) is 6.07. The van der Waals surface area contributed by atoms with E-state index in [0.29, 0.717) is 5.41 Å². The van der Waals surface area contributed by atoms with Gasteiger partial charge in [0.15, 0.2) is 5.16 Å². The fourth-order valence-electron chi connectivity index (χ4n) is 2.39. The highest BCUT2D eigenvalue weighted by molar-refractivity contribution is 7.99. The summed E-state index contributed by atoms with van der Waals surface area (Å²) >= 11 is 1.74. The lowest BCUT2D eigenvalue weighted by Crippen LogP contribution is -2.11. The molecule has 3 rings (SSSR count). The predicted octanol–water partition coefficient (Wildman–Crippen LogP) is 5.62. The van der Waals surface area contributed by atoms with Crippen LogP contribution in [0, 0.1) is 5.41 Å². The minimum Gasteiger partial charge on any atom is -0.319 e. The Morgan fingerprint density at radius 2 is 1.64 bits per heavy atom. The van der Waals surface area contributed by atoms with Gasteiger partial charge in [-0.15, -0.1) is 0 Å². The van der Waals surface area contributed by atoms with Crippen LogP contribution in [0.1, 0.15) is 27.2 Å². The number of imidazole rings is 1. The number of aryl methyl sites for hydroxylation is 1. The number of hydrogen-bond donors (Lipinski definition) is 0. The van der Waals surface area contributed by atoms with Gasteiger partial charge in [0.1, 0.15) is 0 Å². The van der Waals surface area contributed by atoms with Crippen LogP contribution in [0.2, 0.25) is 0 Å². The quantitative estimate of drug-likeness (QED) is 0.622. The Bertz CT molecular complexity index is 754. The van der Waals surface area contributed by atoms with Crippen LogP contribution in [-0.4, -0.2) is 9.55 Å². The topological polar surface area (TPSA) is 17.8 Å². The molecule has 2 nitrogen and oxygen atoms in total. The summed E-state index contributed by atoms with van der Waals surface area (Å²) in [6.07, 6.45) is 1.13. The number of benzene rings is 2. The number of nitrogens with zero attached hydrogens (tertiary/aromatic N) is 2. The molecule has 0 aliphatic heterocycles. The second kappa shape index (κ2) is 6.17. The molecule has 3 heteroatoms. The lowest BCUT2D eigenvalue weighted by atomic mass is 9.92. The molecule has 3 aromatic rings. The first-order chi connectivity index (χ1) is 10.5. The molecular weight excluding hydrogens is 288 g/mol. The molecule has 114 valence electrons. The second-order valence-electron chi connectivity index (χ2n) is 6.76. The molecule has 1 aromatic heterocycles. The van der Waals surface area contributed by atoms with Gasteiger partial charge in [-0.2, -0.15) is 0 Å². The lowest BCUT2D eigenvalue weighted by Gasteiger charge is -2.19. The van der Waals surface area contributed by atoms with E-state index in [-0.39, 0.29) is 0 Å². The van der Waals surface area contributed by atoms with Crippen LogP contribution in [-0.2, 0) is 6.54 Å². The third-order valence-corrected chi connectivity index (χ3v) is 4.66. The molecule has 0 amide bonds. The van der Waals surface area contributed by atoms with Crippen LogP contribution in [0.25, 0.3) is 11.0 Å². The number of hydrogen-bond acceptors (Lipinski definition) is 2. The average Bonchev–Trinajstić information content (AvgIpc) is 2.82. The Hall–Kier alpha value is -1.74. The summed E-state index contributed by atoms with van der Waals surface area (Å²) in [7, 11) is 0. The van der Waals surface area contributed by atoms with E-state index in [1.807, 2.05) is 6.07 Å². The van der Waals surface area contributed by atoms with E-state index in [1.165, 1.54) is 10.4 Å². The number of para-hydroxylation sites is 2. The van der Waals surface area contributed by atoms with Crippen molar-refractivity contribution in [3.63, 3.8) is 0 Å². The second-order valence-corrected chi connectivity index (χ2v) is 7.80. The summed E-state index contributed by atoms with van der Waals surface area (Å²) in [5.41, 5.74) is 2.63. The van der Waals surface area contributed by atoms with E-state index in [2.05, 4.69) is 73.9 Å². The maximum Gasteiger partial charge on any atom is 0.173 e. The van der Waals surface area contributed by atoms with Crippen LogP contribution in [0.3, 0.4) is 0 Å². The molecule has 0 N–H and O–H groups in total. The van der Waals surface area contributed by atoms with Crippen LogP contribution in [0.15, 0.2) is 64.6 Å². The maximum absolute atomic E-state index is 4.83. The largest absolute Gasteiger partial charge is 0.319 e. The van der Waals surface area contributed by atoms with Gasteiger partial charge in [-0.25, -0.2) is 4.98 Å². The van der Waals surface area contributed by atoms with E-state index < -0.39 is 0 Å². The first-order valence-electron chi connectivity index (χ1n) is 7.71. The molecular formula is C19H22N2S. The van der Waals surface area contributed by atoms with Crippen LogP contribution >= 0.6 is 11.8 Å².